The fraction of sp³-hybridized carbons (Fsp3) is 0.375. The van der Waals surface area contributed by atoms with Gasteiger partial charge in [-0.3, -0.25) is 0 Å². The fourth-order valence-electron chi connectivity index (χ4n) is 2.57. The van der Waals surface area contributed by atoms with E-state index < -0.39 is 0 Å². The van der Waals surface area contributed by atoms with E-state index in [9.17, 15) is 0 Å². The maximum absolute atomic E-state index is 5.86. The van der Waals surface area contributed by atoms with Gasteiger partial charge in [0, 0.05) is 19.0 Å². The van der Waals surface area contributed by atoms with E-state index in [-0.39, 0.29) is 0 Å². The third-order valence-electron chi connectivity index (χ3n) is 3.73. The fourth-order valence-corrected chi connectivity index (χ4v) is 2.57. The van der Waals surface area contributed by atoms with Crippen LogP contribution in [0.25, 0.3) is 0 Å². The second-order valence-electron chi connectivity index (χ2n) is 5.22. The van der Waals surface area contributed by atoms with Crippen molar-refractivity contribution in [2.75, 3.05) is 26.1 Å². The van der Waals surface area contributed by atoms with Gasteiger partial charge in [-0.2, -0.15) is 5.10 Å². The van der Waals surface area contributed by atoms with E-state index in [0.29, 0.717) is 12.5 Å². The predicted octanol–water partition coefficient (Wildman–Crippen LogP) is 2.32. The number of fused-ring (bicyclic) bond motifs is 1. The van der Waals surface area contributed by atoms with E-state index in [4.69, 9.17) is 9.47 Å². The van der Waals surface area contributed by atoms with E-state index in [1.165, 1.54) is 5.56 Å². The summed E-state index contributed by atoms with van der Waals surface area (Å²) in [6.07, 6.45) is 1.87. The zero-order valence-electron chi connectivity index (χ0n) is 12.3. The van der Waals surface area contributed by atoms with Gasteiger partial charge in [0.15, 0.2) is 0 Å². The van der Waals surface area contributed by atoms with Gasteiger partial charge >= 0.3 is 0 Å². The lowest BCUT2D eigenvalue weighted by molar-refractivity contribution is 0.219. The number of nitrogens with zero attached hydrogens (tertiary/aromatic N) is 2. The highest BCUT2D eigenvalue weighted by Gasteiger charge is 2.21. The smallest absolute Gasteiger partial charge is 0.148 e. The molecule has 1 N–H and O–H groups in total. The van der Waals surface area contributed by atoms with Gasteiger partial charge in [0.25, 0.3) is 0 Å². The lowest BCUT2D eigenvalue weighted by Crippen LogP contribution is -2.23. The molecule has 0 saturated carbocycles. The van der Waals surface area contributed by atoms with E-state index in [1.807, 2.05) is 31.3 Å². The molecule has 0 unspecified atom stereocenters. The molecule has 0 aliphatic carbocycles. The maximum atomic E-state index is 5.86. The maximum Gasteiger partial charge on any atom is 0.148 e. The number of anilines is 1. The largest absolute Gasteiger partial charge is 0.497 e. The quantitative estimate of drug-likeness (QED) is 0.934. The Labute approximate surface area is 124 Å². The van der Waals surface area contributed by atoms with Crippen LogP contribution >= 0.6 is 0 Å². The average molecular weight is 285 g/mol. The third kappa shape index (κ3) is 3.07. The number of benzene rings is 1. The molecule has 0 radical (unpaired) electrons. The SMILES string of the molecule is CNc1ccc(C[C@H]2COc3cc(OC)ccc3C2)nn1. The molecule has 0 spiro atoms. The molecule has 1 aromatic carbocycles. The van der Waals surface area contributed by atoms with Crippen LogP contribution in [0.15, 0.2) is 30.3 Å². The van der Waals surface area contributed by atoms with E-state index in [2.05, 4.69) is 21.6 Å². The molecule has 5 heteroatoms. The van der Waals surface area contributed by atoms with Crippen molar-refractivity contribution in [3.8, 4) is 11.5 Å². The molecule has 5 nitrogen and oxygen atoms in total. The van der Waals surface area contributed by atoms with Crippen LogP contribution in [0.5, 0.6) is 11.5 Å². The molecule has 3 rings (SSSR count). The Morgan fingerprint density at radius 1 is 1.29 bits per heavy atom. The van der Waals surface area contributed by atoms with Gasteiger partial charge in [-0.15, -0.1) is 5.10 Å². The van der Waals surface area contributed by atoms with Gasteiger partial charge in [-0.05, 0) is 36.6 Å². The number of nitrogens with one attached hydrogen (secondary N) is 1. The molecular weight excluding hydrogens is 266 g/mol. The van der Waals surface area contributed by atoms with Gasteiger partial charge in [-0.1, -0.05) is 6.07 Å². The first-order chi connectivity index (χ1) is 10.3. The molecule has 1 atom stereocenters. The first kappa shape index (κ1) is 13.7. The summed E-state index contributed by atoms with van der Waals surface area (Å²) in [5, 5.41) is 11.3. The van der Waals surface area contributed by atoms with E-state index >= 15 is 0 Å². The van der Waals surface area contributed by atoms with Crippen molar-refractivity contribution in [3.05, 3.63) is 41.6 Å². The Morgan fingerprint density at radius 3 is 2.90 bits per heavy atom. The molecule has 2 aromatic rings. The first-order valence-electron chi connectivity index (χ1n) is 7.08. The number of hydrogen-bond donors (Lipinski definition) is 1. The Hall–Kier alpha value is -2.30. The van der Waals surface area contributed by atoms with Crippen LogP contribution in [0.2, 0.25) is 0 Å². The highest BCUT2D eigenvalue weighted by atomic mass is 16.5. The van der Waals surface area contributed by atoms with Crippen molar-refractivity contribution in [1.82, 2.24) is 10.2 Å². The monoisotopic (exact) mass is 285 g/mol. The molecule has 110 valence electrons. The number of aromatic nitrogens is 2. The zero-order chi connectivity index (χ0) is 14.7. The standard InChI is InChI=1S/C16H19N3O2/c1-17-16-6-4-13(18-19-16)8-11-7-12-3-5-14(20-2)9-15(12)21-10-11/h3-6,9,11H,7-8,10H2,1-2H3,(H,17,19)/t11-/m0/s1. The van der Waals surface area contributed by atoms with Crippen molar-refractivity contribution in [2.45, 2.75) is 12.8 Å². The Balaban J connectivity index is 1.68. The number of methoxy groups -OCH3 is 1. The second kappa shape index (κ2) is 5.99. The summed E-state index contributed by atoms with van der Waals surface area (Å²) in [5.41, 5.74) is 2.23. The molecule has 1 aromatic heterocycles. The van der Waals surface area contributed by atoms with Gasteiger partial charge in [0.2, 0.25) is 0 Å². The minimum absolute atomic E-state index is 0.431. The summed E-state index contributed by atoms with van der Waals surface area (Å²) in [7, 11) is 3.50. The van der Waals surface area contributed by atoms with Crippen LogP contribution < -0.4 is 14.8 Å². The first-order valence-corrected chi connectivity index (χ1v) is 7.08. The van der Waals surface area contributed by atoms with Gasteiger partial charge in [0.1, 0.15) is 17.3 Å². The van der Waals surface area contributed by atoms with Crippen LogP contribution in [0.3, 0.4) is 0 Å². The van der Waals surface area contributed by atoms with Crippen molar-refractivity contribution in [3.63, 3.8) is 0 Å². The number of rotatable bonds is 4. The van der Waals surface area contributed by atoms with Crippen LogP contribution in [-0.2, 0) is 12.8 Å². The highest BCUT2D eigenvalue weighted by Crippen LogP contribution is 2.31. The molecular formula is C16H19N3O2. The number of hydrogen-bond acceptors (Lipinski definition) is 5. The molecule has 2 heterocycles. The molecule has 0 fully saturated rings. The second-order valence-corrected chi connectivity index (χ2v) is 5.22. The normalized spacial score (nSPS) is 16.8. The summed E-state index contributed by atoms with van der Waals surface area (Å²) >= 11 is 0. The molecule has 0 saturated heterocycles. The Morgan fingerprint density at radius 2 is 2.19 bits per heavy atom. The lowest BCUT2D eigenvalue weighted by atomic mass is 9.92. The summed E-state index contributed by atoms with van der Waals surface area (Å²) < 4.78 is 11.1. The molecule has 1 aliphatic heterocycles. The third-order valence-corrected chi connectivity index (χ3v) is 3.73. The van der Waals surface area contributed by atoms with Gasteiger partial charge < -0.3 is 14.8 Å². The topological polar surface area (TPSA) is 56.3 Å². The summed E-state index contributed by atoms with van der Waals surface area (Å²) in [5.74, 6) is 2.99. The van der Waals surface area contributed by atoms with Gasteiger partial charge in [-0.25, -0.2) is 0 Å². The van der Waals surface area contributed by atoms with E-state index in [0.717, 1.165) is 35.9 Å². The molecule has 21 heavy (non-hydrogen) atoms. The van der Waals surface area contributed by atoms with Crippen LogP contribution in [0.1, 0.15) is 11.3 Å². The highest BCUT2D eigenvalue weighted by molar-refractivity contribution is 5.42. The minimum atomic E-state index is 0.431. The average Bonchev–Trinajstić information content (AvgIpc) is 2.55. The Kier molecular flexibility index (Phi) is 3.90. The van der Waals surface area contributed by atoms with Gasteiger partial charge in [0.05, 0.1) is 19.4 Å². The zero-order valence-corrected chi connectivity index (χ0v) is 12.3. The van der Waals surface area contributed by atoms with Crippen molar-refractivity contribution >= 4 is 5.82 Å². The molecule has 0 bridgehead atoms. The number of ether oxygens (including phenoxy) is 2. The summed E-state index contributed by atoms with van der Waals surface area (Å²) in [6, 6.07) is 9.97. The van der Waals surface area contributed by atoms with E-state index in [1.54, 1.807) is 7.11 Å². The molecule has 1 aliphatic rings. The minimum Gasteiger partial charge on any atom is -0.497 e. The van der Waals surface area contributed by atoms with Crippen LogP contribution in [0, 0.1) is 5.92 Å². The van der Waals surface area contributed by atoms with Crippen molar-refractivity contribution in [2.24, 2.45) is 5.92 Å². The van der Waals surface area contributed by atoms with Crippen LogP contribution in [-0.4, -0.2) is 31.0 Å². The van der Waals surface area contributed by atoms with Crippen molar-refractivity contribution < 1.29 is 9.47 Å². The summed E-state index contributed by atoms with van der Waals surface area (Å²) in [4.78, 5) is 0. The van der Waals surface area contributed by atoms with Crippen molar-refractivity contribution in [1.29, 1.82) is 0 Å². The summed E-state index contributed by atoms with van der Waals surface area (Å²) in [6.45, 7) is 0.704. The lowest BCUT2D eigenvalue weighted by Gasteiger charge is -2.25. The molecule has 0 amide bonds. The predicted molar refractivity (Wildman–Crippen MR) is 81.0 cm³/mol. The van der Waals surface area contributed by atoms with Crippen LogP contribution in [0.4, 0.5) is 5.82 Å². The Bertz CT molecular complexity index is 613.